The topological polar surface area (TPSA) is 73.2 Å². The van der Waals surface area contributed by atoms with Gasteiger partial charge in [-0.15, -0.1) is 0 Å². The summed E-state index contributed by atoms with van der Waals surface area (Å²) in [7, 11) is 1.66. The lowest BCUT2D eigenvalue weighted by molar-refractivity contribution is -0.368. The molecule has 1 unspecified atom stereocenters. The Bertz CT molecular complexity index is 848. The molecular weight excluding hydrogens is 318 g/mol. The maximum Gasteiger partial charge on any atom is 0.329 e. The summed E-state index contributed by atoms with van der Waals surface area (Å²) in [4.78, 5) is 3.26. The molecule has 3 aromatic rings. The van der Waals surface area contributed by atoms with Crippen molar-refractivity contribution in [2.75, 3.05) is 12.8 Å². The molecule has 1 aromatic heterocycles. The van der Waals surface area contributed by atoms with Crippen LogP contribution in [0.5, 0.6) is 5.75 Å². The quantitative estimate of drug-likeness (QED) is 0.776. The molecule has 0 fully saturated rings. The molecule has 120 valence electrons. The smallest absolute Gasteiger partial charge is 0.329 e. The number of aromatic nitrogens is 1. The second-order valence-electron chi connectivity index (χ2n) is 5.52. The van der Waals surface area contributed by atoms with Gasteiger partial charge in [-0.25, -0.2) is 4.98 Å². The van der Waals surface area contributed by atoms with E-state index in [4.69, 9.17) is 15.7 Å². The third-order valence-electron chi connectivity index (χ3n) is 4.00. The Kier molecular flexibility index (Phi) is 4.78. The van der Waals surface area contributed by atoms with Crippen molar-refractivity contribution in [1.29, 1.82) is 5.26 Å². The molecule has 0 bridgehead atoms. The Morgan fingerprint density at radius 2 is 1.88 bits per heavy atom. The summed E-state index contributed by atoms with van der Waals surface area (Å²) < 4.78 is 5.25. The minimum atomic E-state index is 0.164. The van der Waals surface area contributed by atoms with Crippen LogP contribution in [0.15, 0.2) is 53.9 Å². The van der Waals surface area contributed by atoms with Crippen molar-refractivity contribution < 1.29 is 9.72 Å². The number of nitrogens with two attached hydrogens (primary N) is 1. The zero-order valence-corrected chi connectivity index (χ0v) is 14.1. The molecule has 1 atom stereocenters. The summed E-state index contributed by atoms with van der Waals surface area (Å²) in [5.41, 5.74) is 10.0. The molecule has 2 aromatic carbocycles. The largest absolute Gasteiger partial charge is 0.497 e. The second kappa shape index (κ2) is 7.16. The summed E-state index contributed by atoms with van der Waals surface area (Å²) in [5.74, 6) is 1.00. The van der Waals surface area contributed by atoms with Crippen molar-refractivity contribution in [3.05, 3.63) is 76.3 Å². The Balaban J connectivity index is 1.93. The minimum absolute atomic E-state index is 0.164. The lowest BCUT2D eigenvalue weighted by Gasteiger charge is -2.15. The van der Waals surface area contributed by atoms with Crippen LogP contribution < -0.4 is 15.5 Å². The van der Waals surface area contributed by atoms with Gasteiger partial charge in [-0.3, -0.25) is 5.73 Å². The standard InChI is InChI=1S/C19H17N3OS/c1-23-16-8-6-15(7-9-16)17(18-12-24-19(21)22-18)10-13-2-4-14(11-20)5-3-13/h2-9,12,17H,10H2,1H3,(H2,21,22)/p+1. The van der Waals surface area contributed by atoms with E-state index in [2.05, 4.69) is 28.6 Å². The molecule has 4 nitrogen and oxygen atoms in total. The van der Waals surface area contributed by atoms with Crippen molar-refractivity contribution in [1.82, 2.24) is 0 Å². The van der Waals surface area contributed by atoms with E-state index < -0.39 is 0 Å². The van der Waals surface area contributed by atoms with Crippen LogP contribution in [0.25, 0.3) is 0 Å². The zero-order chi connectivity index (χ0) is 16.9. The molecule has 0 aliphatic heterocycles. The van der Waals surface area contributed by atoms with E-state index >= 15 is 0 Å². The van der Waals surface area contributed by atoms with Gasteiger partial charge in [0.05, 0.1) is 24.7 Å². The maximum atomic E-state index is 8.94. The Hall–Kier alpha value is -2.84. The molecule has 3 N–H and O–H groups in total. The number of thiazole rings is 1. The number of nitrogens with one attached hydrogen (secondary N) is 1. The van der Waals surface area contributed by atoms with E-state index in [1.165, 1.54) is 22.5 Å². The number of hydrogen-bond acceptors (Lipinski definition) is 4. The number of nitrogen functional groups attached to an aromatic ring is 1. The third kappa shape index (κ3) is 3.55. The van der Waals surface area contributed by atoms with Gasteiger partial charge in [-0.1, -0.05) is 35.6 Å². The lowest BCUT2D eigenvalue weighted by Crippen LogP contribution is -2.17. The fraction of sp³-hybridized carbons (Fsp3) is 0.158. The molecule has 0 saturated carbocycles. The van der Waals surface area contributed by atoms with Gasteiger partial charge in [-0.05, 0) is 41.8 Å². The van der Waals surface area contributed by atoms with E-state index in [0.717, 1.165) is 17.9 Å². The highest BCUT2D eigenvalue weighted by Gasteiger charge is 2.20. The number of nitrogens with zero attached hydrogens (tertiary/aromatic N) is 1. The number of nitriles is 1. The highest BCUT2D eigenvalue weighted by atomic mass is 32.1. The van der Waals surface area contributed by atoms with Crippen LogP contribution in [0.3, 0.4) is 0 Å². The number of anilines is 1. The third-order valence-corrected chi connectivity index (χ3v) is 4.72. The first kappa shape index (κ1) is 16.0. The van der Waals surface area contributed by atoms with Gasteiger partial charge in [0.2, 0.25) is 0 Å². The highest BCUT2D eigenvalue weighted by molar-refractivity contribution is 7.13. The zero-order valence-electron chi connectivity index (χ0n) is 13.3. The summed E-state index contributed by atoms with van der Waals surface area (Å²) in [6.07, 6.45) is 0.824. The first-order valence-electron chi connectivity index (χ1n) is 7.59. The highest BCUT2D eigenvalue weighted by Crippen LogP contribution is 2.29. The van der Waals surface area contributed by atoms with Gasteiger partial charge >= 0.3 is 5.13 Å². The van der Waals surface area contributed by atoms with Crippen LogP contribution in [-0.4, -0.2) is 7.11 Å². The summed E-state index contributed by atoms with van der Waals surface area (Å²) in [6.45, 7) is 0. The molecular formula is C19H18N3OS+. The van der Waals surface area contributed by atoms with E-state index in [0.29, 0.717) is 10.7 Å². The van der Waals surface area contributed by atoms with Crippen molar-refractivity contribution >= 4 is 16.5 Å². The van der Waals surface area contributed by atoms with Gasteiger partial charge < -0.3 is 4.74 Å². The average molecular weight is 336 g/mol. The number of aromatic amines is 1. The van der Waals surface area contributed by atoms with Crippen LogP contribution in [0, 0.1) is 11.3 Å². The molecule has 0 radical (unpaired) electrons. The summed E-state index contributed by atoms with van der Waals surface area (Å²) in [6, 6.07) is 18.0. The molecule has 1 heterocycles. The van der Waals surface area contributed by atoms with Crippen molar-refractivity contribution in [2.24, 2.45) is 0 Å². The van der Waals surface area contributed by atoms with E-state index in [1.807, 2.05) is 36.4 Å². The second-order valence-corrected chi connectivity index (χ2v) is 6.43. The Morgan fingerprint density at radius 1 is 1.17 bits per heavy atom. The van der Waals surface area contributed by atoms with Crippen molar-refractivity contribution in [3.8, 4) is 11.8 Å². The maximum absolute atomic E-state index is 8.94. The normalized spacial score (nSPS) is 11.7. The van der Waals surface area contributed by atoms with Crippen LogP contribution in [0.1, 0.15) is 28.3 Å². The van der Waals surface area contributed by atoms with Crippen LogP contribution in [-0.2, 0) is 6.42 Å². The number of ether oxygens (including phenoxy) is 1. The number of H-pyrrole nitrogens is 1. The number of hydrogen-bond donors (Lipinski definition) is 1. The van der Waals surface area contributed by atoms with E-state index in [9.17, 15) is 0 Å². The van der Waals surface area contributed by atoms with Crippen LogP contribution in [0.4, 0.5) is 5.13 Å². The number of methoxy groups -OCH3 is 1. The molecule has 5 heteroatoms. The average Bonchev–Trinajstić information content (AvgIpc) is 3.06. The van der Waals surface area contributed by atoms with Crippen molar-refractivity contribution in [3.63, 3.8) is 0 Å². The number of benzene rings is 2. The monoisotopic (exact) mass is 336 g/mol. The van der Waals surface area contributed by atoms with Crippen molar-refractivity contribution in [2.45, 2.75) is 12.3 Å². The van der Waals surface area contributed by atoms with Gasteiger partial charge in [0, 0.05) is 5.38 Å². The molecule has 24 heavy (non-hydrogen) atoms. The molecule has 0 spiro atoms. The van der Waals surface area contributed by atoms with Crippen LogP contribution in [0.2, 0.25) is 0 Å². The summed E-state index contributed by atoms with van der Waals surface area (Å²) in [5, 5.41) is 11.7. The predicted molar refractivity (Wildman–Crippen MR) is 95.0 cm³/mol. The van der Waals surface area contributed by atoms with Gasteiger partial charge in [0.25, 0.3) is 0 Å². The van der Waals surface area contributed by atoms with E-state index in [1.54, 1.807) is 7.11 Å². The molecule has 0 aliphatic rings. The first-order chi connectivity index (χ1) is 11.7. The SMILES string of the molecule is COc1ccc(C(Cc2ccc(C#N)cc2)c2csc(N)[nH+]2)cc1. The van der Waals surface area contributed by atoms with Gasteiger partial charge in [-0.2, -0.15) is 5.26 Å². The first-order valence-corrected chi connectivity index (χ1v) is 8.46. The molecule has 3 rings (SSSR count). The number of rotatable bonds is 5. The van der Waals surface area contributed by atoms with Gasteiger partial charge in [0.15, 0.2) is 0 Å². The molecule has 0 aliphatic carbocycles. The minimum Gasteiger partial charge on any atom is -0.497 e. The summed E-state index contributed by atoms with van der Waals surface area (Å²) >= 11 is 1.51. The van der Waals surface area contributed by atoms with Crippen LogP contribution >= 0.6 is 11.3 Å². The molecule has 0 saturated heterocycles. The lowest BCUT2D eigenvalue weighted by atomic mass is 9.89. The fourth-order valence-electron chi connectivity index (χ4n) is 2.69. The Morgan fingerprint density at radius 3 is 2.42 bits per heavy atom. The van der Waals surface area contributed by atoms with E-state index in [-0.39, 0.29) is 5.92 Å². The molecule has 0 amide bonds. The predicted octanol–water partition coefficient (Wildman–Crippen LogP) is 3.40. The Labute approximate surface area is 145 Å². The fourth-order valence-corrected chi connectivity index (χ4v) is 3.35. The van der Waals surface area contributed by atoms with Gasteiger partial charge in [0.1, 0.15) is 11.4 Å².